The Morgan fingerprint density at radius 1 is 1.17 bits per heavy atom. The Morgan fingerprint density at radius 2 is 1.87 bits per heavy atom. The Bertz CT molecular complexity index is 1650. The number of carbonyl (C=O) groups is 1. The van der Waals surface area contributed by atoms with Crippen LogP contribution in [-0.4, -0.2) is 71.2 Å². The van der Waals surface area contributed by atoms with Crippen molar-refractivity contribution >= 4 is 22.6 Å². The second kappa shape index (κ2) is 13.6. The van der Waals surface area contributed by atoms with Crippen LogP contribution in [0.25, 0.3) is 10.9 Å². The van der Waals surface area contributed by atoms with Crippen LogP contribution in [0, 0.1) is 12.7 Å². The van der Waals surface area contributed by atoms with E-state index >= 15 is 4.39 Å². The third kappa shape index (κ3) is 6.33. The van der Waals surface area contributed by atoms with E-state index < -0.39 is 29.4 Å². The van der Waals surface area contributed by atoms with E-state index in [0.717, 1.165) is 25.5 Å². The number of aromatic nitrogens is 2. The molecule has 5 rings (SSSR count). The van der Waals surface area contributed by atoms with Gasteiger partial charge in [0.05, 0.1) is 28.4 Å². The number of anilines is 1. The van der Waals surface area contributed by atoms with E-state index in [-0.39, 0.29) is 23.1 Å². The lowest BCUT2D eigenvalue weighted by atomic mass is 9.84. The number of nitrogens with zero attached hydrogens (tertiary/aromatic N) is 4. The standard InChI is InChI=1S/C34H44F3N5O4/c1-7-46-34(13-16-42(17-14-34)22(4)43)27-18-26-29(41(6)33(27)44)30(45-19-23-10-9-15-40(23)5)21(3)39-32(26)38-20(2)24-11-8-12-25(28(24)35)31(36)37/h8,11-12,18,20,23,31H,7,9-10,13-17,19H2,1-6H3,(H,38,39)/t20-,23+/m1/s1. The number of halogens is 3. The number of rotatable bonds is 10. The molecule has 9 nitrogen and oxygen atoms in total. The fraction of sp³-hybridized carbons (Fsp3) is 0.559. The van der Waals surface area contributed by atoms with Crippen LogP contribution < -0.4 is 15.6 Å². The lowest BCUT2D eigenvalue weighted by molar-refractivity contribution is -0.136. The van der Waals surface area contributed by atoms with Crippen LogP contribution in [-0.2, 0) is 22.2 Å². The van der Waals surface area contributed by atoms with Gasteiger partial charge in [0.15, 0.2) is 5.75 Å². The first kappa shape index (κ1) is 33.7. The first-order valence-corrected chi connectivity index (χ1v) is 16.0. The van der Waals surface area contributed by atoms with E-state index in [0.29, 0.717) is 72.9 Å². The topological polar surface area (TPSA) is 88.9 Å². The maximum Gasteiger partial charge on any atom is 0.266 e. The number of likely N-dealkylation sites (N-methyl/N-ethyl adjacent to an activating group) is 1. The maximum atomic E-state index is 15.2. The lowest BCUT2D eigenvalue weighted by Gasteiger charge is -2.41. The molecule has 1 N–H and O–H groups in total. The number of carbonyl (C=O) groups excluding carboxylic acids is 1. The summed E-state index contributed by atoms with van der Waals surface area (Å²) in [5.41, 5.74) is -0.305. The third-order valence-electron chi connectivity index (χ3n) is 9.63. The molecule has 0 bridgehead atoms. The minimum absolute atomic E-state index is 0.0329. The predicted molar refractivity (Wildman–Crippen MR) is 171 cm³/mol. The highest BCUT2D eigenvalue weighted by molar-refractivity contribution is 5.95. The number of alkyl halides is 2. The summed E-state index contributed by atoms with van der Waals surface area (Å²) in [6, 6.07) is 5.21. The van der Waals surface area contributed by atoms with Crippen molar-refractivity contribution in [2.45, 2.75) is 77.5 Å². The molecule has 4 heterocycles. The summed E-state index contributed by atoms with van der Waals surface area (Å²) in [6.07, 6.45) is -0.0105. The van der Waals surface area contributed by atoms with Gasteiger partial charge in [-0.15, -0.1) is 0 Å². The molecule has 0 aliphatic carbocycles. The zero-order valence-electron chi connectivity index (χ0n) is 27.5. The van der Waals surface area contributed by atoms with Crippen molar-refractivity contribution in [2.24, 2.45) is 7.05 Å². The number of nitrogens with one attached hydrogen (secondary N) is 1. The molecule has 2 atom stereocenters. The van der Waals surface area contributed by atoms with Crippen molar-refractivity contribution in [1.29, 1.82) is 0 Å². The number of likely N-dealkylation sites (tertiary alicyclic amines) is 2. The van der Waals surface area contributed by atoms with Crippen LogP contribution in [0.1, 0.15) is 81.3 Å². The van der Waals surface area contributed by atoms with Gasteiger partial charge in [0.25, 0.3) is 12.0 Å². The average Bonchev–Trinajstić information content (AvgIpc) is 3.43. The molecule has 12 heteroatoms. The minimum atomic E-state index is -2.95. The Hall–Kier alpha value is -3.64. The number of hydrogen-bond donors (Lipinski definition) is 1. The number of piperidine rings is 1. The molecule has 250 valence electrons. The van der Waals surface area contributed by atoms with Crippen molar-refractivity contribution in [3.63, 3.8) is 0 Å². The minimum Gasteiger partial charge on any atom is -0.488 e. The van der Waals surface area contributed by atoms with Crippen molar-refractivity contribution in [1.82, 2.24) is 19.4 Å². The quantitative estimate of drug-likeness (QED) is 0.297. The molecule has 0 radical (unpaired) electrons. The molecule has 2 fully saturated rings. The molecule has 1 aromatic carbocycles. The molecular weight excluding hydrogens is 599 g/mol. The molecule has 46 heavy (non-hydrogen) atoms. The van der Waals surface area contributed by atoms with Gasteiger partial charge in [-0.25, -0.2) is 18.2 Å². The monoisotopic (exact) mass is 643 g/mol. The molecule has 2 aromatic heterocycles. The Morgan fingerprint density at radius 3 is 2.48 bits per heavy atom. The molecule has 0 unspecified atom stereocenters. The summed E-state index contributed by atoms with van der Waals surface area (Å²) in [4.78, 5) is 35.2. The van der Waals surface area contributed by atoms with Crippen LogP contribution in [0.2, 0.25) is 0 Å². The molecular formula is C34H44F3N5O4. The normalized spacial score (nSPS) is 19.2. The summed E-state index contributed by atoms with van der Waals surface area (Å²) >= 11 is 0. The molecule has 0 spiro atoms. The Labute approximate surface area is 267 Å². The number of ether oxygens (including phenoxy) is 2. The van der Waals surface area contributed by atoms with Crippen LogP contribution in [0.4, 0.5) is 19.0 Å². The van der Waals surface area contributed by atoms with E-state index in [2.05, 4.69) is 17.3 Å². The van der Waals surface area contributed by atoms with E-state index in [9.17, 15) is 18.4 Å². The fourth-order valence-corrected chi connectivity index (χ4v) is 6.93. The summed E-state index contributed by atoms with van der Waals surface area (Å²) in [7, 11) is 3.75. The lowest BCUT2D eigenvalue weighted by Crippen LogP contribution is -2.48. The van der Waals surface area contributed by atoms with Gasteiger partial charge >= 0.3 is 0 Å². The molecule has 2 aliphatic heterocycles. The average molecular weight is 644 g/mol. The van der Waals surface area contributed by atoms with Gasteiger partial charge < -0.3 is 29.2 Å². The van der Waals surface area contributed by atoms with Gasteiger partial charge in [-0.1, -0.05) is 18.2 Å². The summed E-state index contributed by atoms with van der Waals surface area (Å²) in [6.45, 7) is 9.51. The van der Waals surface area contributed by atoms with Crippen LogP contribution in [0.3, 0.4) is 0 Å². The molecule has 2 aliphatic rings. The largest absolute Gasteiger partial charge is 0.488 e. The van der Waals surface area contributed by atoms with Crippen LogP contribution >= 0.6 is 0 Å². The van der Waals surface area contributed by atoms with E-state index in [4.69, 9.17) is 14.5 Å². The molecule has 2 saturated heterocycles. The Balaban J connectivity index is 1.66. The zero-order chi connectivity index (χ0) is 33.3. The number of benzene rings is 1. The number of aryl methyl sites for hydroxylation is 2. The highest BCUT2D eigenvalue weighted by atomic mass is 19.3. The number of pyridine rings is 2. The molecule has 1 amide bonds. The molecule has 0 saturated carbocycles. The number of fused-ring (bicyclic) bond motifs is 1. The SMILES string of the molecule is CCOC1(c2cc3c(N[C@H](C)c4cccc(C(F)F)c4F)nc(C)c(OC[C@@H]4CCCN4C)c3n(C)c2=O)CCN(C(C)=O)CC1. The van der Waals surface area contributed by atoms with Crippen LogP contribution in [0.15, 0.2) is 29.1 Å². The van der Waals surface area contributed by atoms with E-state index in [1.165, 1.54) is 19.1 Å². The zero-order valence-corrected chi connectivity index (χ0v) is 27.5. The predicted octanol–water partition coefficient (Wildman–Crippen LogP) is 5.84. The van der Waals surface area contributed by atoms with E-state index in [1.807, 2.05) is 6.92 Å². The van der Waals surface area contributed by atoms with Gasteiger partial charge in [0.2, 0.25) is 5.91 Å². The van der Waals surface area contributed by atoms with E-state index in [1.54, 1.807) is 36.4 Å². The van der Waals surface area contributed by atoms with Gasteiger partial charge in [0.1, 0.15) is 23.8 Å². The highest BCUT2D eigenvalue weighted by Gasteiger charge is 2.41. The first-order valence-electron chi connectivity index (χ1n) is 16.0. The van der Waals surface area contributed by atoms with Gasteiger partial charge in [-0.3, -0.25) is 9.59 Å². The number of amides is 1. The van der Waals surface area contributed by atoms with Gasteiger partial charge in [-0.05, 0) is 66.1 Å². The van der Waals surface area contributed by atoms with Crippen molar-refractivity contribution < 1.29 is 27.4 Å². The first-order chi connectivity index (χ1) is 21.9. The number of hydrogen-bond acceptors (Lipinski definition) is 7. The fourth-order valence-electron chi connectivity index (χ4n) is 6.93. The summed E-state index contributed by atoms with van der Waals surface area (Å²) < 4.78 is 56.6. The maximum absolute atomic E-state index is 15.2. The van der Waals surface area contributed by atoms with Gasteiger partial charge in [-0.2, -0.15) is 0 Å². The van der Waals surface area contributed by atoms with Crippen molar-refractivity contribution in [2.75, 3.05) is 45.2 Å². The molecule has 3 aromatic rings. The second-order valence-electron chi connectivity index (χ2n) is 12.5. The Kier molecular flexibility index (Phi) is 9.97. The summed E-state index contributed by atoms with van der Waals surface area (Å²) in [5.74, 6) is -0.173. The van der Waals surface area contributed by atoms with Crippen LogP contribution in [0.5, 0.6) is 5.75 Å². The smallest absolute Gasteiger partial charge is 0.266 e. The summed E-state index contributed by atoms with van der Waals surface area (Å²) in [5, 5.41) is 3.81. The van der Waals surface area contributed by atoms with Gasteiger partial charge in [0, 0.05) is 50.7 Å². The van der Waals surface area contributed by atoms with Crippen molar-refractivity contribution in [3.05, 3.63) is 62.8 Å². The van der Waals surface area contributed by atoms with Crippen molar-refractivity contribution in [3.8, 4) is 5.75 Å². The third-order valence-corrected chi connectivity index (χ3v) is 9.63. The highest BCUT2D eigenvalue weighted by Crippen LogP contribution is 2.40. The second-order valence-corrected chi connectivity index (χ2v) is 12.5.